The number of fused-ring (bicyclic) bond motifs is 1. The number of aryl methyl sites for hydroxylation is 2. The molecule has 0 fully saturated rings. The molecule has 0 amide bonds. The van der Waals surface area contributed by atoms with E-state index in [0.717, 1.165) is 6.42 Å². The summed E-state index contributed by atoms with van der Waals surface area (Å²) in [4.78, 5) is 0. The van der Waals surface area contributed by atoms with Crippen LogP contribution in [0.15, 0.2) is 18.2 Å². The fourth-order valence-electron chi connectivity index (χ4n) is 2.22. The van der Waals surface area contributed by atoms with E-state index in [9.17, 15) is 0 Å². The van der Waals surface area contributed by atoms with Gasteiger partial charge in [-0.05, 0) is 42.4 Å². The summed E-state index contributed by atoms with van der Waals surface area (Å²) < 4.78 is 0. The van der Waals surface area contributed by atoms with Gasteiger partial charge in [0, 0.05) is 6.04 Å². The second-order valence-corrected chi connectivity index (χ2v) is 4.28. The van der Waals surface area contributed by atoms with Gasteiger partial charge in [0.05, 0.1) is 0 Å². The highest BCUT2D eigenvalue weighted by molar-refractivity contribution is 5.37. The minimum Gasteiger partial charge on any atom is -0.324 e. The van der Waals surface area contributed by atoms with Crippen LogP contribution < -0.4 is 5.73 Å². The van der Waals surface area contributed by atoms with Gasteiger partial charge in [-0.25, -0.2) is 0 Å². The van der Waals surface area contributed by atoms with Crippen LogP contribution in [0.3, 0.4) is 0 Å². The number of hydrogen-bond acceptors (Lipinski definition) is 1. The summed E-state index contributed by atoms with van der Waals surface area (Å²) in [5, 5.41) is 0. The molecule has 0 saturated carbocycles. The van der Waals surface area contributed by atoms with E-state index in [-0.39, 0.29) is 0 Å². The highest BCUT2D eigenvalue weighted by atomic mass is 14.6. The molecule has 1 atom stereocenters. The normalized spacial score (nSPS) is 19.7. The fourth-order valence-corrected chi connectivity index (χ4v) is 2.22. The third kappa shape index (κ3) is 1.83. The zero-order chi connectivity index (χ0) is 9.97. The maximum absolute atomic E-state index is 6.04. The Labute approximate surface area is 86.3 Å². The predicted octanol–water partition coefficient (Wildman–Crippen LogP) is 2.98. The van der Waals surface area contributed by atoms with Gasteiger partial charge in [-0.2, -0.15) is 0 Å². The van der Waals surface area contributed by atoms with Crippen molar-refractivity contribution in [3.63, 3.8) is 0 Å². The van der Waals surface area contributed by atoms with Crippen molar-refractivity contribution in [2.75, 3.05) is 0 Å². The van der Waals surface area contributed by atoms with Crippen molar-refractivity contribution in [2.45, 2.75) is 45.1 Å². The van der Waals surface area contributed by atoms with Crippen molar-refractivity contribution in [2.24, 2.45) is 5.73 Å². The van der Waals surface area contributed by atoms with E-state index in [1.54, 1.807) is 0 Å². The highest BCUT2D eigenvalue weighted by Gasteiger charge is 2.18. The van der Waals surface area contributed by atoms with Gasteiger partial charge in [0.25, 0.3) is 0 Å². The molecule has 0 spiro atoms. The highest BCUT2D eigenvalue weighted by Crippen LogP contribution is 2.30. The SMILES string of the molecule is CCCCc1ccc2c(c1)C(N)CC2. The molecule has 1 aromatic carbocycles. The van der Waals surface area contributed by atoms with Crippen molar-refractivity contribution in [3.8, 4) is 0 Å². The molecule has 2 rings (SSSR count). The largest absolute Gasteiger partial charge is 0.324 e. The van der Waals surface area contributed by atoms with Gasteiger partial charge < -0.3 is 5.73 Å². The Morgan fingerprint density at radius 3 is 3.07 bits per heavy atom. The van der Waals surface area contributed by atoms with Gasteiger partial charge in [0.2, 0.25) is 0 Å². The first kappa shape index (κ1) is 9.72. The van der Waals surface area contributed by atoms with Gasteiger partial charge >= 0.3 is 0 Å². The average molecular weight is 189 g/mol. The Morgan fingerprint density at radius 2 is 2.29 bits per heavy atom. The number of unbranched alkanes of at least 4 members (excludes halogenated alkanes) is 1. The summed E-state index contributed by atoms with van der Waals surface area (Å²) in [6, 6.07) is 7.16. The van der Waals surface area contributed by atoms with E-state index >= 15 is 0 Å². The molecule has 0 heterocycles. The average Bonchev–Trinajstić information content (AvgIpc) is 2.57. The van der Waals surface area contributed by atoms with Crippen molar-refractivity contribution < 1.29 is 0 Å². The van der Waals surface area contributed by atoms with Crippen LogP contribution in [0.25, 0.3) is 0 Å². The summed E-state index contributed by atoms with van der Waals surface area (Å²) in [5.41, 5.74) is 10.4. The van der Waals surface area contributed by atoms with Crippen LogP contribution in [0.5, 0.6) is 0 Å². The molecule has 1 aliphatic rings. The molecule has 1 heteroatoms. The molecule has 1 aliphatic carbocycles. The van der Waals surface area contributed by atoms with Crippen LogP contribution in [0.4, 0.5) is 0 Å². The minimum absolute atomic E-state index is 0.298. The van der Waals surface area contributed by atoms with Gasteiger partial charge in [0.15, 0.2) is 0 Å². The van der Waals surface area contributed by atoms with Crippen LogP contribution in [-0.2, 0) is 12.8 Å². The predicted molar refractivity (Wildman–Crippen MR) is 60.3 cm³/mol. The first-order valence-corrected chi connectivity index (χ1v) is 5.68. The van der Waals surface area contributed by atoms with E-state index in [2.05, 4.69) is 25.1 Å². The molecule has 0 aliphatic heterocycles. The second-order valence-electron chi connectivity index (χ2n) is 4.28. The summed E-state index contributed by atoms with van der Waals surface area (Å²) in [6.45, 7) is 2.24. The lowest BCUT2D eigenvalue weighted by Crippen LogP contribution is -2.05. The quantitative estimate of drug-likeness (QED) is 0.777. The Bertz CT molecular complexity index is 317. The van der Waals surface area contributed by atoms with E-state index in [0.29, 0.717) is 6.04 Å². The smallest absolute Gasteiger partial charge is 0.0300 e. The molecule has 1 nitrogen and oxygen atoms in total. The van der Waals surface area contributed by atoms with Crippen molar-refractivity contribution >= 4 is 0 Å². The van der Waals surface area contributed by atoms with E-state index < -0.39 is 0 Å². The topological polar surface area (TPSA) is 26.0 Å². The van der Waals surface area contributed by atoms with Gasteiger partial charge in [-0.15, -0.1) is 0 Å². The van der Waals surface area contributed by atoms with Crippen molar-refractivity contribution in [3.05, 3.63) is 34.9 Å². The van der Waals surface area contributed by atoms with E-state index in [1.165, 1.54) is 42.4 Å². The Morgan fingerprint density at radius 1 is 1.43 bits per heavy atom. The number of nitrogens with two attached hydrogens (primary N) is 1. The third-order valence-corrected chi connectivity index (χ3v) is 3.15. The van der Waals surface area contributed by atoms with Crippen LogP contribution in [0.1, 0.15) is 48.9 Å². The molecule has 1 unspecified atom stereocenters. The van der Waals surface area contributed by atoms with Crippen molar-refractivity contribution in [1.29, 1.82) is 0 Å². The van der Waals surface area contributed by atoms with Crippen LogP contribution in [-0.4, -0.2) is 0 Å². The molecule has 76 valence electrons. The van der Waals surface area contributed by atoms with Gasteiger partial charge in [-0.1, -0.05) is 31.5 Å². The summed E-state index contributed by atoms with van der Waals surface area (Å²) in [6.07, 6.45) is 6.06. The van der Waals surface area contributed by atoms with Crippen LogP contribution in [0.2, 0.25) is 0 Å². The second kappa shape index (κ2) is 4.14. The van der Waals surface area contributed by atoms with Crippen LogP contribution in [0, 0.1) is 0 Å². The summed E-state index contributed by atoms with van der Waals surface area (Å²) in [5.74, 6) is 0. The lowest BCUT2D eigenvalue weighted by atomic mass is 10.0. The van der Waals surface area contributed by atoms with E-state index in [1.807, 2.05) is 0 Å². The Balaban J connectivity index is 2.17. The monoisotopic (exact) mass is 189 g/mol. The summed E-state index contributed by atoms with van der Waals surface area (Å²) >= 11 is 0. The molecule has 14 heavy (non-hydrogen) atoms. The molecule has 0 saturated heterocycles. The first-order chi connectivity index (χ1) is 6.81. The van der Waals surface area contributed by atoms with E-state index in [4.69, 9.17) is 5.73 Å². The molecular weight excluding hydrogens is 170 g/mol. The number of hydrogen-bond donors (Lipinski definition) is 1. The lowest BCUT2D eigenvalue weighted by molar-refractivity contribution is 0.712. The Hall–Kier alpha value is -0.820. The third-order valence-electron chi connectivity index (χ3n) is 3.15. The molecule has 0 radical (unpaired) electrons. The Kier molecular flexibility index (Phi) is 2.87. The molecule has 1 aromatic rings. The standard InChI is InChI=1S/C13H19N/c1-2-3-4-10-5-6-11-7-8-13(14)12(11)9-10/h5-6,9,13H,2-4,7-8,14H2,1H3. The van der Waals surface area contributed by atoms with Gasteiger partial charge in [0.1, 0.15) is 0 Å². The number of rotatable bonds is 3. The molecule has 0 bridgehead atoms. The zero-order valence-corrected chi connectivity index (χ0v) is 8.92. The number of benzene rings is 1. The maximum Gasteiger partial charge on any atom is 0.0300 e. The van der Waals surface area contributed by atoms with Gasteiger partial charge in [-0.3, -0.25) is 0 Å². The van der Waals surface area contributed by atoms with Crippen molar-refractivity contribution in [1.82, 2.24) is 0 Å². The molecule has 2 N–H and O–H groups in total. The first-order valence-electron chi connectivity index (χ1n) is 5.68. The summed E-state index contributed by atoms with van der Waals surface area (Å²) in [7, 11) is 0. The molecular formula is C13H19N. The zero-order valence-electron chi connectivity index (χ0n) is 8.92. The molecule has 0 aromatic heterocycles. The van der Waals surface area contributed by atoms with Crippen LogP contribution >= 0.6 is 0 Å². The lowest BCUT2D eigenvalue weighted by Gasteiger charge is -2.07. The fraction of sp³-hybridized carbons (Fsp3) is 0.538. The maximum atomic E-state index is 6.04. The minimum atomic E-state index is 0.298.